The number of esters is 1. The summed E-state index contributed by atoms with van der Waals surface area (Å²) in [6.07, 6.45) is 1.39. The van der Waals surface area contributed by atoms with Crippen molar-refractivity contribution >= 4 is 23.1 Å². The van der Waals surface area contributed by atoms with Gasteiger partial charge in [-0.05, 0) is 0 Å². The van der Waals surface area contributed by atoms with E-state index in [-0.39, 0.29) is 29.2 Å². The Hall–Kier alpha value is -1.96. The van der Waals surface area contributed by atoms with Crippen LogP contribution in [0.15, 0.2) is 43.0 Å². The Morgan fingerprint density at radius 1 is 1.41 bits per heavy atom. The van der Waals surface area contributed by atoms with Gasteiger partial charge in [0.15, 0.2) is 0 Å². The van der Waals surface area contributed by atoms with Crippen LogP contribution in [0.25, 0.3) is 0 Å². The zero-order chi connectivity index (χ0) is 16.6. The minimum absolute atomic E-state index is 0.0599. The zero-order valence-electron chi connectivity index (χ0n) is 12.5. The van der Waals surface area contributed by atoms with Crippen molar-refractivity contribution in [3.63, 3.8) is 0 Å². The monoisotopic (exact) mass is 369 g/mol. The first-order valence-electron chi connectivity index (χ1n) is 6.89. The predicted molar refractivity (Wildman–Crippen MR) is 82.1 cm³/mol. The Kier molecular flexibility index (Phi) is 6.48. The number of allylic oxidation sites excluding steroid dienone is 1. The molecule has 1 rings (SSSR count). The van der Waals surface area contributed by atoms with Crippen LogP contribution in [0.2, 0.25) is 5.32 Å². The number of benzene rings is 1. The molecule has 0 radical (unpaired) electrons. The molecule has 1 unspecified atom stereocenters. The second-order valence-electron chi connectivity index (χ2n) is 4.79. The molecule has 0 saturated heterocycles. The van der Waals surface area contributed by atoms with Gasteiger partial charge in [-0.2, -0.15) is 0 Å². The molecule has 6 heteroatoms. The van der Waals surface area contributed by atoms with E-state index in [4.69, 9.17) is 4.74 Å². The molecule has 0 fully saturated rings. The molecule has 0 aliphatic rings. The van der Waals surface area contributed by atoms with Crippen LogP contribution in [-0.4, -0.2) is 25.3 Å². The maximum absolute atomic E-state index is 12.4. The van der Waals surface area contributed by atoms with Gasteiger partial charge in [0.2, 0.25) is 0 Å². The van der Waals surface area contributed by atoms with E-state index in [1.54, 1.807) is 25.1 Å². The van der Waals surface area contributed by atoms with Crippen molar-refractivity contribution in [2.24, 2.45) is 5.41 Å². The fourth-order valence-corrected chi connectivity index (χ4v) is 4.99. The van der Waals surface area contributed by atoms with E-state index >= 15 is 0 Å². The van der Waals surface area contributed by atoms with E-state index in [0.717, 1.165) is 0 Å². The standard InChI is InChI=1S/C16H19NO4Se/c1-3-10-16(13-17,15(18)21-4-2)11-12-22(19,20)14-8-6-5-7-9-14/h3,5-9H,1,4,10-12H2,2H3. The summed E-state index contributed by atoms with van der Waals surface area (Å²) in [6, 6.07) is 9.98. The van der Waals surface area contributed by atoms with E-state index in [9.17, 15) is 17.7 Å². The summed E-state index contributed by atoms with van der Waals surface area (Å²) in [5.41, 5.74) is -1.50. The van der Waals surface area contributed by atoms with Crippen molar-refractivity contribution < 1.29 is 17.2 Å². The summed E-state index contributed by atoms with van der Waals surface area (Å²) in [6.45, 7) is 5.31. The fraction of sp³-hybridized carbons (Fsp3) is 0.375. The Morgan fingerprint density at radius 2 is 2.05 bits per heavy atom. The van der Waals surface area contributed by atoms with E-state index in [1.807, 2.05) is 6.07 Å². The van der Waals surface area contributed by atoms with Gasteiger partial charge in [0, 0.05) is 0 Å². The van der Waals surface area contributed by atoms with E-state index in [2.05, 4.69) is 6.58 Å². The molecule has 0 spiro atoms. The summed E-state index contributed by atoms with van der Waals surface area (Å²) in [7, 11) is 0. The zero-order valence-corrected chi connectivity index (χ0v) is 14.2. The topological polar surface area (TPSA) is 84.2 Å². The molecule has 118 valence electrons. The molecule has 0 amide bonds. The van der Waals surface area contributed by atoms with Crippen LogP contribution >= 0.6 is 0 Å². The van der Waals surface area contributed by atoms with E-state index in [1.165, 1.54) is 18.2 Å². The minimum atomic E-state index is -4.39. The molecular weight excluding hydrogens is 349 g/mol. The SMILES string of the molecule is C=CCC(C#N)(CC[Se](=O)(=O)c1ccccc1)C(=O)OCC. The number of nitrogens with zero attached hydrogens (tertiary/aromatic N) is 1. The number of nitriles is 1. The van der Waals surface area contributed by atoms with Crippen molar-refractivity contribution in [1.29, 1.82) is 5.26 Å². The summed E-state index contributed by atoms with van der Waals surface area (Å²) in [5, 5.41) is 9.15. The third-order valence-electron chi connectivity index (χ3n) is 3.27. The summed E-state index contributed by atoms with van der Waals surface area (Å²) in [4.78, 5) is 12.1. The number of carbonyl (C=O) groups excluding carboxylic acids is 1. The average Bonchev–Trinajstić information content (AvgIpc) is 2.52. The molecule has 0 aliphatic heterocycles. The first-order valence-corrected chi connectivity index (χ1v) is 10.4. The van der Waals surface area contributed by atoms with E-state index in [0.29, 0.717) is 0 Å². The van der Waals surface area contributed by atoms with Crippen LogP contribution < -0.4 is 4.46 Å². The van der Waals surface area contributed by atoms with Gasteiger partial charge in [0.05, 0.1) is 0 Å². The first-order chi connectivity index (χ1) is 10.4. The third kappa shape index (κ3) is 4.27. The fourth-order valence-electron chi connectivity index (χ4n) is 2.00. The van der Waals surface area contributed by atoms with Gasteiger partial charge >= 0.3 is 132 Å². The van der Waals surface area contributed by atoms with Crippen LogP contribution in [0.4, 0.5) is 0 Å². The number of rotatable bonds is 8. The van der Waals surface area contributed by atoms with Gasteiger partial charge in [-0.25, -0.2) is 0 Å². The molecule has 0 saturated carbocycles. The van der Waals surface area contributed by atoms with Gasteiger partial charge in [-0.15, -0.1) is 0 Å². The molecule has 0 bridgehead atoms. The van der Waals surface area contributed by atoms with Crippen LogP contribution in [0.5, 0.6) is 0 Å². The van der Waals surface area contributed by atoms with Gasteiger partial charge in [-0.1, -0.05) is 0 Å². The van der Waals surface area contributed by atoms with Crippen molar-refractivity contribution in [3.05, 3.63) is 43.0 Å². The van der Waals surface area contributed by atoms with Crippen molar-refractivity contribution in [2.45, 2.75) is 25.1 Å². The maximum atomic E-state index is 12.4. The normalized spacial score (nSPS) is 13.6. The summed E-state index contributed by atoms with van der Waals surface area (Å²) < 4.78 is 29.9. The van der Waals surface area contributed by atoms with Gasteiger partial charge < -0.3 is 0 Å². The number of hydrogen-bond donors (Lipinski definition) is 0. The molecule has 22 heavy (non-hydrogen) atoms. The summed E-state index contributed by atoms with van der Waals surface area (Å²) in [5.74, 6) is -0.696. The van der Waals surface area contributed by atoms with Crippen molar-refractivity contribution in [2.75, 3.05) is 6.61 Å². The molecule has 1 atom stereocenters. The average molecular weight is 368 g/mol. The summed E-state index contributed by atoms with van der Waals surface area (Å²) >= 11 is -4.39. The Morgan fingerprint density at radius 3 is 2.55 bits per heavy atom. The Bertz CT molecular complexity index is 661. The quantitative estimate of drug-likeness (QED) is 0.399. The molecular formula is C16H19NO4Se. The molecule has 1 aromatic rings. The van der Waals surface area contributed by atoms with Crippen LogP contribution in [-0.2, 0) is 17.2 Å². The molecule has 0 aliphatic carbocycles. The van der Waals surface area contributed by atoms with Gasteiger partial charge in [0.25, 0.3) is 0 Å². The van der Waals surface area contributed by atoms with Gasteiger partial charge in [0.1, 0.15) is 0 Å². The van der Waals surface area contributed by atoms with Gasteiger partial charge in [-0.3, -0.25) is 0 Å². The molecule has 0 aromatic heterocycles. The Labute approximate surface area is 132 Å². The first kappa shape index (κ1) is 18.1. The molecule has 0 N–H and O–H groups in total. The molecule has 5 nitrogen and oxygen atoms in total. The van der Waals surface area contributed by atoms with Crippen LogP contribution in [0.1, 0.15) is 19.8 Å². The predicted octanol–water partition coefficient (Wildman–Crippen LogP) is 2.24. The number of hydrogen-bond acceptors (Lipinski definition) is 5. The number of carbonyl (C=O) groups is 1. The second-order valence-corrected chi connectivity index (χ2v) is 9.21. The van der Waals surface area contributed by atoms with Crippen molar-refractivity contribution in [1.82, 2.24) is 0 Å². The molecule has 1 aromatic carbocycles. The molecule has 0 heterocycles. The second kappa shape index (κ2) is 7.88. The van der Waals surface area contributed by atoms with Crippen LogP contribution in [0.3, 0.4) is 0 Å². The van der Waals surface area contributed by atoms with Crippen LogP contribution in [0, 0.1) is 16.7 Å². The van der Waals surface area contributed by atoms with E-state index < -0.39 is 24.1 Å². The Balaban J connectivity index is 2.99. The van der Waals surface area contributed by atoms with Crippen molar-refractivity contribution in [3.8, 4) is 6.07 Å². The third-order valence-corrected chi connectivity index (χ3v) is 6.91. The number of ether oxygens (including phenoxy) is 1.